The summed E-state index contributed by atoms with van der Waals surface area (Å²) in [6.07, 6.45) is 4.41. The summed E-state index contributed by atoms with van der Waals surface area (Å²) in [5, 5.41) is 4.98. The molecule has 1 nitrogen and oxygen atoms in total. The third kappa shape index (κ3) is 7.41. The van der Waals surface area contributed by atoms with E-state index in [2.05, 4.69) is 254 Å². The summed E-state index contributed by atoms with van der Waals surface area (Å²) in [5.74, 6) is 0. The minimum absolute atomic E-state index is 1.10. The predicted octanol–water partition coefficient (Wildman–Crippen LogP) is 16.6. The second-order valence-corrected chi connectivity index (χ2v) is 15.4. The Hall–Kier alpha value is -7.74. The fourth-order valence-electron chi connectivity index (χ4n) is 8.46. The zero-order chi connectivity index (χ0) is 40.3. The molecule has 0 bridgehead atoms. The van der Waals surface area contributed by atoms with Gasteiger partial charge in [-0.1, -0.05) is 194 Å². The lowest BCUT2D eigenvalue weighted by Gasteiger charge is -2.29. The molecule has 0 atom stereocenters. The summed E-state index contributed by atoms with van der Waals surface area (Å²) in [5.41, 5.74) is 16.6. The second-order valence-electron chi connectivity index (χ2n) is 15.4. The smallest absolute Gasteiger partial charge is 0.0540 e. The number of anilines is 3. The van der Waals surface area contributed by atoms with Gasteiger partial charge in [-0.15, -0.1) is 0 Å². The molecule has 284 valence electrons. The molecular formula is C59H43N. The van der Waals surface area contributed by atoms with Crippen LogP contribution in [-0.2, 0) is 0 Å². The highest BCUT2D eigenvalue weighted by molar-refractivity contribution is 5.94. The van der Waals surface area contributed by atoms with Crippen LogP contribution < -0.4 is 4.90 Å². The zero-order valence-electron chi connectivity index (χ0n) is 33.5. The molecule has 0 aliphatic rings. The first-order chi connectivity index (χ1) is 29.6. The molecule has 0 aromatic heterocycles. The standard InChI is InChI=1S/C59H43N/c1-42-38-55(36-37-56(42)57-21-11-10-19-48(57)25-24-43-14-4-2-5-15-43)60(59-23-13-12-22-58(59)47-17-6-3-7-18-47)54-34-32-45(33-35-54)50-29-27-46-28-31-52(41-53(46)40-50)51-30-26-44-16-8-9-20-49(44)39-51/h2-41H,1H3/b25-24-. The maximum absolute atomic E-state index is 2.40. The van der Waals surface area contributed by atoms with Crippen LogP contribution in [0.4, 0.5) is 17.1 Å². The Morgan fingerprint density at radius 2 is 0.850 bits per heavy atom. The van der Waals surface area contributed by atoms with Crippen molar-refractivity contribution in [1.82, 2.24) is 0 Å². The van der Waals surface area contributed by atoms with Crippen molar-refractivity contribution >= 4 is 50.8 Å². The Bertz CT molecular complexity index is 3140. The van der Waals surface area contributed by atoms with Crippen LogP contribution in [0.2, 0.25) is 0 Å². The molecule has 1 heteroatoms. The second kappa shape index (κ2) is 16.3. The van der Waals surface area contributed by atoms with Gasteiger partial charge in [-0.2, -0.15) is 0 Å². The number of para-hydroxylation sites is 1. The third-order valence-corrected chi connectivity index (χ3v) is 11.6. The van der Waals surface area contributed by atoms with Crippen LogP contribution in [0.1, 0.15) is 16.7 Å². The number of hydrogen-bond acceptors (Lipinski definition) is 1. The maximum atomic E-state index is 2.40. The van der Waals surface area contributed by atoms with Gasteiger partial charge in [0.2, 0.25) is 0 Å². The molecule has 60 heavy (non-hydrogen) atoms. The number of rotatable bonds is 9. The van der Waals surface area contributed by atoms with E-state index in [9.17, 15) is 0 Å². The normalized spacial score (nSPS) is 11.3. The van der Waals surface area contributed by atoms with Gasteiger partial charge in [-0.25, -0.2) is 0 Å². The van der Waals surface area contributed by atoms with E-state index in [0.717, 1.165) is 17.1 Å². The quantitative estimate of drug-likeness (QED) is 0.132. The van der Waals surface area contributed by atoms with E-state index >= 15 is 0 Å². The third-order valence-electron chi connectivity index (χ3n) is 11.6. The molecule has 0 radical (unpaired) electrons. The first-order valence-electron chi connectivity index (χ1n) is 20.7. The van der Waals surface area contributed by atoms with Crippen molar-refractivity contribution in [3.63, 3.8) is 0 Å². The maximum Gasteiger partial charge on any atom is 0.0540 e. The van der Waals surface area contributed by atoms with Crippen molar-refractivity contribution in [2.75, 3.05) is 4.90 Å². The molecule has 0 saturated carbocycles. The van der Waals surface area contributed by atoms with E-state index in [1.54, 1.807) is 0 Å². The topological polar surface area (TPSA) is 3.24 Å². The molecule has 0 unspecified atom stereocenters. The van der Waals surface area contributed by atoms with Gasteiger partial charge in [0.15, 0.2) is 0 Å². The number of aryl methyl sites for hydroxylation is 1. The number of benzene rings is 10. The molecule has 10 aromatic rings. The highest BCUT2D eigenvalue weighted by atomic mass is 15.1. The van der Waals surface area contributed by atoms with Gasteiger partial charge in [0, 0.05) is 16.9 Å². The monoisotopic (exact) mass is 765 g/mol. The molecule has 0 fully saturated rings. The van der Waals surface area contributed by atoms with Gasteiger partial charge < -0.3 is 4.90 Å². The molecule has 0 N–H and O–H groups in total. The van der Waals surface area contributed by atoms with E-state index in [4.69, 9.17) is 0 Å². The molecule has 10 aromatic carbocycles. The van der Waals surface area contributed by atoms with E-state index in [1.807, 2.05) is 0 Å². The number of fused-ring (bicyclic) bond motifs is 2. The Morgan fingerprint density at radius 3 is 1.57 bits per heavy atom. The van der Waals surface area contributed by atoms with Crippen molar-refractivity contribution in [2.45, 2.75) is 6.92 Å². The average Bonchev–Trinajstić information content (AvgIpc) is 3.32. The summed E-state index contributed by atoms with van der Waals surface area (Å²) in [7, 11) is 0. The minimum Gasteiger partial charge on any atom is -0.310 e. The van der Waals surface area contributed by atoms with Crippen LogP contribution in [0.5, 0.6) is 0 Å². The summed E-state index contributed by atoms with van der Waals surface area (Å²) >= 11 is 0. The lowest BCUT2D eigenvalue weighted by molar-refractivity contribution is 1.27. The van der Waals surface area contributed by atoms with Crippen molar-refractivity contribution in [2.24, 2.45) is 0 Å². The summed E-state index contributed by atoms with van der Waals surface area (Å²) in [4.78, 5) is 2.40. The largest absolute Gasteiger partial charge is 0.310 e. The van der Waals surface area contributed by atoms with Crippen LogP contribution in [0.15, 0.2) is 231 Å². The zero-order valence-corrected chi connectivity index (χ0v) is 33.5. The number of nitrogens with zero attached hydrogens (tertiary/aromatic N) is 1. The SMILES string of the molecule is Cc1cc(N(c2ccc(-c3ccc4ccc(-c5ccc6ccccc6c5)cc4c3)cc2)c2ccccc2-c2ccccc2)ccc1-c1ccccc1/C=C\c1ccccc1. The van der Waals surface area contributed by atoms with Crippen molar-refractivity contribution in [1.29, 1.82) is 0 Å². The fourth-order valence-corrected chi connectivity index (χ4v) is 8.46. The Kier molecular flexibility index (Phi) is 9.91. The van der Waals surface area contributed by atoms with Gasteiger partial charge in [0.1, 0.15) is 0 Å². The van der Waals surface area contributed by atoms with Crippen LogP contribution in [0, 0.1) is 6.92 Å². The van der Waals surface area contributed by atoms with E-state index < -0.39 is 0 Å². The van der Waals surface area contributed by atoms with Gasteiger partial charge in [0.25, 0.3) is 0 Å². The summed E-state index contributed by atoms with van der Waals surface area (Å²) < 4.78 is 0. The molecule has 0 heterocycles. The highest BCUT2D eigenvalue weighted by Crippen LogP contribution is 2.43. The molecule has 0 amide bonds. The molecule has 0 spiro atoms. The fraction of sp³-hybridized carbons (Fsp3) is 0.0169. The summed E-state index contributed by atoms with van der Waals surface area (Å²) in [6.45, 7) is 2.23. The van der Waals surface area contributed by atoms with Crippen molar-refractivity contribution in [3.8, 4) is 44.5 Å². The average molecular weight is 766 g/mol. The number of hydrogen-bond donors (Lipinski definition) is 0. The first-order valence-corrected chi connectivity index (χ1v) is 20.7. The molecule has 10 rings (SSSR count). The van der Waals surface area contributed by atoms with E-state index in [0.29, 0.717) is 0 Å². The molecule has 0 saturated heterocycles. The Morgan fingerprint density at radius 1 is 0.317 bits per heavy atom. The molecule has 0 aliphatic heterocycles. The predicted molar refractivity (Wildman–Crippen MR) is 258 cm³/mol. The van der Waals surface area contributed by atoms with Gasteiger partial charge in [0.05, 0.1) is 5.69 Å². The van der Waals surface area contributed by atoms with Crippen LogP contribution >= 0.6 is 0 Å². The lowest BCUT2D eigenvalue weighted by atomic mass is 9.94. The highest BCUT2D eigenvalue weighted by Gasteiger charge is 2.19. The van der Waals surface area contributed by atoms with Crippen LogP contribution in [0.3, 0.4) is 0 Å². The van der Waals surface area contributed by atoms with Crippen LogP contribution in [0.25, 0.3) is 78.2 Å². The lowest BCUT2D eigenvalue weighted by Crippen LogP contribution is -2.11. The molecular weight excluding hydrogens is 723 g/mol. The molecule has 0 aliphatic carbocycles. The van der Waals surface area contributed by atoms with E-state index in [1.165, 1.54) is 82.7 Å². The Labute approximate surface area is 352 Å². The first kappa shape index (κ1) is 36.6. The van der Waals surface area contributed by atoms with E-state index in [-0.39, 0.29) is 0 Å². The van der Waals surface area contributed by atoms with Crippen LogP contribution in [-0.4, -0.2) is 0 Å². The van der Waals surface area contributed by atoms with Gasteiger partial charge in [-0.3, -0.25) is 0 Å². The summed E-state index contributed by atoms with van der Waals surface area (Å²) in [6, 6.07) is 83.4. The van der Waals surface area contributed by atoms with Gasteiger partial charge >= 0.3 is 0 Å². The van der Waals surface area contributed by atoms with Crippen molar-refractivity contribution in [3.05, 3.63) is 247 Å². The van der Waals surface area contributed by atoms with Crippen molar-refractivity contribution < 1.29 is 0 Å². The Balaban J connectivity index is 1.02. The minimum atomic E-state index is 1.10. The van der Waals surface area contributed by atoms with Gasteiger partial charge in [-0.05, 0) is 133 Å².